The third-order valence-electron chi connectivity index (χ3n) is 12.3. The normalized spacial score (nSPS) is 14.1. The monoisotopic (exact) mass is 885 g/mol. The number of carbonyl (C=O) groups is 1. The first-order valence-corrected chi connectivity index (χ1v) is 28.0. The molecule has 0 fully saturated rings. The number of hydrogen-bond donors (Lipinski definition) is 2. The zero-order valence-electron chi connectivity index (χ0n) is 41.4. The first-order chi connectivity index (χ1) is 29.5. The van der Waals surface area contributed by atoms with Gasteiger partial charge in [0.25, 0.3) is 7.82 Å². The van der Waals surface area contributed by atoms with E-state index >= 15 is 0 Å². The van der Waals surface area contributed by atoms with Crippen LogP contribution >= 0.6 is 7.82 Å². The molecule has 0 aliphatic carbocycles. The SMILES string of the molecule is CCCCCC/C=C\CCCCCCCCCC(=O)NC(COP(=O)([O-])OCC[N+](C)(C)C)C(O)CCCCCCCCCCCCCCCCCCCCCCCCCC. The summed E-state index contributed by atoms with van der Waals surface area (Å²) in [5.74, 6) is -0.166. The number of unbranched alkanes of at least 4 members (excludes halogenated alkanes) is 34. The first kappa shape index (κ1) is 60.2. The van der Waals surface area contributed by atoms with Crippen LogP contribution in [0.25, 0.3) is 0 Å². The van der Waals surface area contributed by atoms with Gasteiger partial charge in [-0.3, -0.25) is 9.36 Å². The zero-order chi connectivity index (χ0) is 45.0. The summed E-state index contributed by atoms with van der Waals surface area (Å²) in [6.07, 6.45) is 52.3. The molecule has 0 spiro atoms. The second kappa shape index (κ2) is 44.4. The molecule has 1 amide bonds. The van der Waals surface area contributed by atoms with Gasteiger partial charge in [-0.1, -0.05) is 231 Å². The molecule has 61 heavy (non-hydrogen) atoms. The van der Waals surface area contributed by atoms with Crippen LogP contribution in [0.3, 0.4) is 0 Å². The van der Waals surface area contributed by atoms with Crippen molar-refractivity contribution >= 4 is 13.7 Å². The van der Waals surface area contributed by atoms with Crippen molar-refractivity contribution in [3.8, 4) is 0 Å². The van der Waals surface area contributed by atoms with Gasteiger partial charge in [-0.05, 0) is 38.5 Å². The van der Waals surface area contributed by atoms with Crippen molar-refractivity contribution in [3.63, 3.8) is 0 Å². The lowest BCUT2D eigenvalue weighted by Crippen LogP contribution is -2.46. The van der Waals surface area contributed by atoms with E-state index in [0.717, 1.165) is 38.5 Å². The molecule has 2 N–H and O–H groups in total. The maximum atomic E-state index is 12.9. The predicted molar refractivity (Wildman–Crippen MR) is 261 cm³/mol. The molecule has 0 rings (SSSR count). The summed E-state index contributed by atoms with van der Waals surface area (Å²) in [5, 5.41) is 14.0. The van der Waals surface area contributed by atoms with Crippen molar-refractivity contribution in [1.29, 1.82) is 0 Å². The third-order valence-corrected chi connectivity index (χ3v) is 13.2. The van der Waals surface area contributed by atoms with Crippen molar-refractivity contribution in [2.45, 2.75) is 276 Å². The van der Waals surface area contributed by atoms with Gasteiger partial charge in [-0.25, -0.2) is 0 Å². The van der Waals surface area contributed by atoms with Crippen LogP contribution in [-0.2, 0) is 18.4 Å². The summed E-state index contributed by atoms with van der Waals surface area (Å²) < 4.78 is 23.4. The van der Waals surface area contributed by atoms with Crippen molar-refractivity contribution in [2.75, 3.05) is 40.9 Å². The average Bonchev–Trinajstić information content (AvgIpc) is 3.21. The van der Waals surface area contributed by atoms with Gasteiger partial charge in [0.15, 0.2) is 0 Å². The predicted octanol–water partition coefficient (Wildman–Crippen LogP) is 14.8. The number of likely N-dealkylation sites (N-methyl/N-ethyl adjacent to an activating group) is 1. The molecule has 364 valence electrons. The van der Waals surface area contributed by atoms with E-state index in [1.807, 2.05) is 21.1 Å². The lowest BCUT2D eigenvalue weighted by atomic mass is 10.0. The minimum atomic E-state index is -4.57. The lowest BCUT2D eigenvalue weighted by molar-refractivity contribution is -0.870. The third kappa shape index (κ3) is 47.0. The van der Waals surface area contributed by atoms with Gasteiger partial charge in [0.1, 0.15) is 13.2 Å². The van der Waals surface area contributed by atoms with Gasteiger partial charge in [-0.15, -0.1) is 0 Å². The highest BCUT2D eigenvalue weighted by Crippen LogP contribution is 2.38. The van der Waals surface area contributed by atoms with E-state index in [1.165, 1.54) is 199 Å². The summed E-state index contributed by atoms with van der Waals surface area (Å²) in [6, 6.07) is -0.799. The minimum absolute atomic E-state index is 0.0135. The van der Waals surface area contributed by atoms with E-state index < -0.39 is 20.0 Å². The molecular weight excluding hydrogens is 780 g/mol. The Kier molecular flexibility index (Phi) is 43.9. The molecule has 9 heteroatoms. The highest BCUT2D eigenvalue weighted by atomic mass is 31.2. The van der Waals surface area contributed by atoms with Crippen LogP contribution in [-0.4, -0.2) is 68.5 Å². The number of phosphoric acid groups is 1. The quantitative estimate of drug-likeness (QED) is 0.0273. The Labute approximate surface area is 380 Å². The number of phosphoric ester groups is 1. The van der Waals surface area contributed by atoms with Gasteiger partial charge in [-0.2, -0.15) is 0 Å². The van der Waals surface area contributed by atoms with Crippen LogP contribution in [0, 0.1) is 0 Å². The molecule has 0 saturated carbocycles. The number of allylic oxidation sites excluding steroid dienone is 2. The summed E-state index contributed by atoms with van der Waals surface area (Å²) in [5.41, 5.74) is 0. The van der Waals surface area contributed by atoms with Gasteiger partial charge >= 0.3 is 0 Å². The van der Waals surface area contributed by atoms with Crippen molar-refractivity contribution in [2.24, 2.45) is 0 Å². The van der Waals surface area contributed by atoms with Crippen LogP contribution in [0.1, 0.15) is 264 Å². The van der Waals surface area contributed by atoms with Gasteiger partial charge in [0.05, 0.1) is 39.9 Å². The van der Waals surface area contributed by atoms with Crippen LogP contribution in [0.5, 0.6) is 0 Å². The average molecular weight is 885 g/mol. The Morgan fingerprint density at radius 2 is 0.902 bits per heavy atom. The number of carbonyl (C=O) groups excluding carboxylic acids is 1. The van der Waals surface area contributed by atoms with Crippen LogP contribution in [0.2, 0.25) is 0 Å². The topological polar surface area (TPSA) is 108 Å². The molecule has 0 saturated heterocycles. The van der Waals surface area contributed by atoms with Crippen LogP contribution in [0.15, 0.2) is 12.2 Å². The highest BCUT2D eigenvalue weighted by Gasteiger charge is 2.24. The maximum Gasteiger partial charge on any atom is 0.268 e. The Balaban J connectivity index is 4.17. The molecule has 0 aromatic carbocycles. The first-order valence-electron chi connectivity index (χ1n) is 26.5. The smallest absolute Gasteiger partial charge is 0.268 e. The number of rotatable bonds is 49. The zero-order valence-corrected chi connectivity index (χ0v) is 42.3. The fourth-order valence-corrected chi connectivity index (χ4v) is 8.76. The number of amides is 1. The Bertz CT molecular complexity index is 1000. The lowest BCUT2D eigenvalue weighted by Gasteiger charge is -2.30. The minimum Gasteiger partial charge on any atom is -0.756 e. The molecule has 3 atom stereocenters. The molecule has 8 nitrogen and oxygen atoms in total. The molecule has 0 radical (unpaired) electrons. The highest BCUT2D eigenvalue weighted by molar-refractivity contribution is 7.45. The molecule has 3 unspecified atom stereocenters. The number of nitrogens with one attached hydrogen (secondary N) is 1. The van der Waals surface area contributed by atoms with E-state index in [9.17, 15) is 19.4 Å². The number of aliphatic hydroxyl groups is 1. The molecule has 0 aliphatic heterocycles. The van der Waals surface area contributed by atoms with E-state index in [0.29, 0.717) is 23.9 Å². The maximum absolute atomic E-state index is 12.9. The molecule has 0 bridgehead atoms. The number of nitrogens with zero attached hydrogens (tertiary/aromatic N) is 1. The van der Waals surface area contributed by atoms with Crippen LogP contribution < -0.4 is 10.2 Å². The number of hydrogen-bond acceptors (Lipinski definition) is 6. The molecule has 0 aliphatic rings. The van der Waals surface area contributed by atoms with E-state index in [2.05, 4.69) is 31.3 Å². The van der Waals surface area contributed by atoms with Crippen molar-refractivity contribution in [1.82, 2.24) is 5.32 Å². The molecule has 0 heterocycles. The molecule has 0 aromatic rings. The molecule has 0 aromatic heterocycles. The second-order valence-electron chi connectivity index (χ2n) is 19.6. The summed E-state index contributed by atoms with van der Waals surface area (Å²) in [6.45, 7) is 4.74. The van der Waals surface area contributed by atoms with E-state index in [4.69, 9.17) is 9.05 Å². The Morgan fingerprint density at radius 3 is 1.30 bits per heavy atom. The number of aliphatic hydroxyl groups excluding tert-OH is 1. The van der Waals surface area contributed by atoms with Crippen LogP contribution in [0.4, 0.5) is 0 Å². The Hall–Kier alpha value is -0.760. The van der Waals surface area contributed by atoms with Gasteiger partial charge in [0, 0.05) is 6.42 Å². The van der Waals surface area contributed by atoms with Gasteiger partial charge < -0.3 is 28.8 Å². The largest absolute Gasteiger partial charge is 0.756 e. The summed E-state index contributed by atoms with van der Waals surface area (Å²) in [4.78, 5) is 25.4. The van der Waals surface area contributed by atoms with E-state index in [-0.39, 0.29) is 19.1 Å². The van der Waals surface area contributed by atoms with Crippen molar-refractivity contribution in [3.05, 3.63) is 12.2 Å². The van der Waals surface area contributed by atoms with E-state index in [1.54, 1.807) is 0 Å². The fraction of sp³-hybridized carbons (Fsp3) is 0.942. The summed E-state index contributed by atoms with van der Waals surface area (Å²) >= 11 is 0. The second-order valence-corrected chi connectivity index (χ2v) is 21.0. The standard InChI is InChI=1S/C52H105N2O6P/c1-6-8-10-12-14-16-18-20-22-23-24-25-26-27-28-29-30-32-33-35-37-39-41-43-45-51(55)50(49-60-61(57,58)59-48-47-54(3,4)5)53-52(56)46-44-42-40-38-36-34-31-21-19-17-15-13-11-9-7-2/h17,19,50-51,55H,6-16,18,20-49H2,1-5H3,(H-,53,56,57,58)/b19-17-. The summed E-state index contributed by atoms with van der Waals surface area (Å²) in [7, 11) is 1.31. The number of quaternary nitrogens is 1. The Morgan fingerprint density at radius 1 is 0.557 bits per heavy atom. The van der Waals surface area contributed by atoms with Crippen molar-refractivity contribution < 1.29 is 32.9 Å². The van der Waals surface area contributed by atoms with Gasteiger partial charge in [0.2, 0.25) is 5.91 Å². The fourth-order valence-electron chi connectivity index (χ4n) is 8.04. The molecular formula is C52H105N2O6P.